The molecule has 3 rings (SSSR count). The van der Waals surface area contributed by atoms with Gasteiger partial charge in [0.25, 0.3) is 5.91 Å². The van der Waals surface area contributed by atoms with Crippen LogP contribution >= 0.6 is 12.2 Å². The third-order valence-electron chi connectivity index (χ3n) is 4.42. The Bertz CT molecular complexity index is 1170. The van der Waals surface area contributed by atoms with Gasteiger partial charge < -0.3 is 14.2 Å². The topological polar surface area (TPSA) is 111 Å². The summed E-state index contributed by atoms with van der Waals surface area (Å²) in [5.74, 6) is 0.662. The van der Waals surface area contributed by atoms with Crippen molar-refractivity contribution < 1.29 is 23.8 Å². The highest BCUT2D eigenvalue weighted by molar-refractivity contribution is 7.80. The number of pyridine rings is 1. The number of methoxy groups -OCH3 is 2. The van der Waals surface area contributed by atoms with E-state index in [2.05, 4.69) is 21.2 Å². The normalized spacial score (nSPS) is 10.2. The van der Waals surface area contributed by atoms with Crippen molar-refractivity contribution in [2.45, 2.75) is 6.92 Å². The molecule has 3 N–H and O–H groups in total. The van der Waals surface area contributed by atoms with E-state index in [0.717, 1.165) is 5.56 Å². The van der Waals surface area contributed by atoms with Gasteiger partial charge in [0, 0.05) is 10.9 Å². The third kappa shape index (κ3) is 5.22. The molecule has 0 aliphatic carbocycles. The van der Waals surface area contributed by atoms with Gasteiger partial charge in [-0.05, 0) is 49.5 Å². The lowest BCUT2D eigenvalue weighted by molar-refractivity contribution is 0.0977. The summed E-state index contributed by atoms with van der Waals surface area (Å²) in [7, 11) is 3.11. The van der Waals surface area contributed by atoms with Crippen LogP contribution in [0.4, 0.5) is 4.79 Å². The number of benzene rings is 2. The van der Waals surface area contributed by atoms with Crippen LogP contribution in [0.3, 0.4) is 0 Å². The van der Waals surface area contributed by atoms with Crippen LogP contribution in [-0.2, 0) is 4.74 Å². The second-order valence-electron chi connectivity index (χ2n) is 6.40. The summed E-state index contributed by atoms with van der Waals surface area (Å²) in [6.45, 7) is 1.87. The molecule has 0 saturated heterocycles. The van der Waals surface area contributed by atoms with Crippen molar-refractivity contribution in [3.8, 4) is 22.8 Å². The zero-order chi connectivity index (χ0) is 23.1. The number of rotatable bonds is 5. The van der Waals surface area contributed by atoms with E-state index >= 15 is 0 Å². The van der Waals surface area contributed by atoms with Crippen molar-refractivity contribution in [1.29, 1.82) is 0 Å². The summed E-state index contributed by atoms with van der Waals surface area (Å²) in [5, 5.41) is 3.11. The molecule has 166 valence electrons. The Balaban J connectivity index is 1.92. The molecule has 0 saturated carbocycles. The number of hydrazine groups is 1. The SMILES string of the molecule is CCOC(=O)NNC(=S)NC(=O)c1cc(-c2ccc(OC)c(OC)c2)nc2ccccc12. The first-order valence-corrected chi connectivity index (χ1v) is 10.0. The predicted octanol–water partition coefficient (Wildman–Crippen LogP) is 3.18. The van der Waals surface area contributed by atoms with Gasteiger partial charge in [-0.3, -0.25) is 15.5 Å². The van der Waals surface area contributed by atoms with Crippen LogP contribution in [0, 0.1) is 0 Å². The average Bonchev–Trinajstić information content (AvgIpc) is 2.81. The minimum Gasteiger partial charge on any atom is -0.493 e. The predicted molar refractivity (Wildman–Crippen MR) is 124 cm³/mol. The number of para-hydroxylation sites is 1. The Hall–Kier alpha value is -3.92. The maximum absolute atomic E-state index is 13.0. The van der Waals surface area contributed by atoms with Gasteiger partial charge in [-0.1, -0.05) is 18.2 Å². The molecular formula is C22H22N4O5S. The highest BCUT2D eigenvalue weighted by Gasteiger charge is 2.16. The number of ether oxygens (including phenoxy) is 3. The van der Waals surface area contributed by atoms with E-state index in [1.807, 2.05) is 24.3 Å². The Morgan fingerprint density at radius 1 is 1.00 bits per heavy atom. The van der Waals surface area contributed by atoms with E-state index < -0.39 is 12.0 Å². The van der Waals surface area contributed by atoms with Gasteiger partial charge in [0.2, 0.25) is 0 Å². The van der Waals surface area contributed by atoms with Crippen LogP contribution in [0.25, 0.3) is 22.2 Å². The zero-order valence-corrected chi connectivity index (χ0v) is 18.5. The number of carbonyl (C=O) groups is 2. The molecule has 0 atom stereocenters. The Morgan fingerprint density at radius 2 is 1.75 bits per heavy atom. The molecule has 1 aromatic heterocycles. The van der Waals surface area contributed by atoms with Gasteiger partial charge in [-0.15, -0.1) is 0 Å². The molecule has 0 aliphatic rings. The first-order chi connectivity index (χ1) is 15.5. The fourth-order valence-corrected chi connectivity index (χ4v) is 3.13. The number of fused-ring (bicyclic) bond motifs is 1. The number of carbonyl (C=O) groups excluding carboxylic acids is 2. The van der Waals surface area contributed by atoms with E-state index in [-0.39, 0.29) is 11.7 Å². The van der Waals surface area contributed by atoms with Gasteiger partial charge in [0.1, 0.15) is 0 Å². The van der Waals surface area contributed by atoms with Crippen LogP contribution in [-0.4, -0.2) is 42.9 Å². The molecule has 32 heavy (non-hydrogen) atoms. The maximum atomic E-state index is 13.0. The molecule has 2 amide bonds. The fraction of sp³-hybridized carbons (Fsp3) is 0.182. The van der Waals surface area contributed by atoms with Crippen LogP contribution < -0.4 is 25.6 Å². The van der Waals surface area contributed by atoms with Crippen LogP contribution in [0.5, 0.6) is 11.5 Å². The van der Waals surface area contributed by atoms with Gasteiger partial charge in [-0.2, -0.15) is 0 Å². The van der Waals surface area contributed by atoms with E-state index in [1.165, 1.54) is 0 Å². The summed E-state index contributed by atoms with van der Waals surface area (Å²) in [6.07, 6.45) is -0.714. The molecule has 3 aromatic rings. The molecule has 9 nitrogen and oxygen atoms in total. The van der Waals surface area contributed by atoms with E-state index in [4.69, 9.17) is 26.4 Å². The highest BCUT2D eigenvalue weighted by Crippen LogP contribution is 2.33. The number of nitrogens with one attached hydrogen (secondary N) is 3. The van der Waals surface area contributed by atoms with Gasteiger partial charge in [0.05, 0.1) is 37.6 Å². The minimum absolute atomic E-state index is 0.0865. The monoisotopic (exact) mass is 454 g/mol. The largest absolute Gasteiger partial charge is 0.493 e. The number of hydrogen-bond donors (Lipinski definition) is 3. The molecule has 0 aliphatic heterocycles. The maximum Gasteiger partial charge on any atom is 0.425 e. The second-order valence-corrected chi connectivity index (χ2v) is 6.80. The molecular weight excluding hydrogens is 432 g/mol. The molecule has 10 heteroatoms. The first kappa shape index (κ1) is 22.8. The fourth-order valence-electron chi connectivity index (χ4n) is 2.98. The lowest BCUT2D eigenvalue weighted by Gasteiger charge is -2.13. The minimum atomic E-state index is -0.714. The molecule has 0 bridgehead atoms. The molecule has 0 fully saturated rings. The number of thiocarbonyl (C=S) groups is 1. The number of aromatic nitrogens is 1. The van der Waals surface area contributed by atoms with E-state index in [0.29, 0.717) is 33.7 Å². The number of hydrogen-bond acceptors (Lipinski definition) is 7. The molecule has 1 heterocycles. The molecule has 0 radical (unpaired) electrons. The lowest BCUT2D eigenvalue weighted by Crippen LogP contribution is -2.48. The Labute approximate surface area is 190 Å². The summed E-state index contributed by atoms with van der Waals surface area (Å²) >= 11 is 5.08. The second kappa shape index (κ2) is 10.4. The van der Waals surface area contributed by atoms with Crippen molar-refractivity contribution in [3.63, 3.8) is 0 Å². The van der Waals surface area contributed by atoms with Crippen LogP contribution in [0.15, 0.2) is 48.5 Å². The van der Waals surface area contributed by atoms with Gasteiger partial charge in [0.15, 0.2) is 16.6 Å². The number of amides is 2. The van der Waals surface area contributed by atoms with Gasteiger partial charge in [-0.25, -0.2) is 15.2 Å². The Morgan fingerprint density at radius 3 is 2.47 bits per heavy atom. The lowest BCUT2D eigenvalue weighted by atomic mass is 10.0. The summed E-state index contributed by atoms with van der Waals surface area (Å²) in [6, 6.07) is 14.3. The molecule has 0 spiro atoms. The van der Waals surface area contributed by atoms with Crippen LogP contribution in [0.1, 0.15) is 17.3 Å². The smallest absolute Gasteiger partial charge is 0.425 e. The summed E-state index contributed by atoms with van der Waals surface area (Å²) in [4.78, 5) is 29.1. The summed E-state index contributed by atoms with van der Waals surface area (Å²) in [5.41, 5.74) is 6.96. The standard InChI is InChI=1S/C22H22N4O5S/c1-4-31-22(28)26-25-21(32)24-20(27)15-12-17(23-16-8-6-5-7-14(15)16)13-9-10-18(29-2)19(11-13)30-3/h5-12H,4H2,1-3H3,(H,26,28)(H2,24,25,27,32). The van der Waals surface area contributed by atoms with Crippen molar-refractivity contribution in [2.75, 3.05) is 20.8 Å². The van der Waals surface area contributed by atoms with E-state index in [1.54, 1.807) is 45.4 Å². The van der Waals surface area contributed by atoms with Crippen molar-refractivity contribution in [1.82, 2.24) is 21.2 Å². The number of nitrogens with zero attached hydrogens (tertiary/aromatic N) is 1. The zero-order valence-electron chi connectivity index (χ0n) is 17.7. The molecule has 0 unspecified atom stereocenters. The highest BCUT2D eigenvalue weighted by atomic mass is 32.1. The van der Waals surface area contributed by atoms with Crippen molar-refractivity contribution >= 4 is 40.2 Å². The Kier molecular flexibility index (Phi) is 7.40. The third-order valence-corrected chi connectivity index (χ3v) is 4.62. The summed E-state index contributed by atoms with van der Waals surface area (Å²) < 4.78 is 15.4. The van der Waals surface area contributed by atoms with Crippen molar-refractivity contribution in [3.05, 3.63) is 54.1 Å². The average molecular weight is 455 g/mol. The van der Waals surface area contributed by atoms with Crippen molar-refractivity contribution in [2.24, 2.45) is 0 Å². The molecule has 2 aromatic carbocycles. The first-order valence-electron chi connectivity index (χ1n) is 9.63. The van der Waals surface area contributed by atoms with Crippen LogP contribution in [0.2, 0.25) is 0 Å². The van der Waals surface area contributed by atoms with Gasteiger partial charge >= 0.3 is 6.09 Å². The van der Waals surface area contributed by atoms with E-state index in [9.17, 15) is 9.59 Å². The quantitative estimate of drug-likeness (QED) is 0.398.